The lowest BCUT2D eigenvalue weighted by Crippen LogP contribution is -2.07. The van der Waals surface area contributed by atoms with Crippen molar-refractivity contribution < 1.29 is 9.84 Å². The molecule has 0 aromatic heterocycles. The predicted octanol–water partition coefficient (Wildman–Crippen LogP) is 4.15. The summed E-state index contributed by atoms with van der Waals surface area (Å²) < 4.78 is 5.52. The Balaban J connectivity index is 2.02. The molecule has 0 saturated heterocycles. The van der Waals surface area contributed by atoms with Crippen molar-refractivity contribution in [3.05, 3.63) is 48.6 Å². The molecule has 2 rings (SSSR count). The summed E-state index contributed by atoms with van der Waals surface area (Å²) in [5.74, 6) is 1.97. The first kappa shape index (κ1) is 15.7. The van der Waals surface area contributed by atoms with Crippen LogP contribution in [0.3, 0.4) is 0 Å². The van der Waals surface area contributed by atoms with Crippen LogP contribution in [0.5, 0.6) is 11.5 Å². The third kappa shape index (κ3) is 4.39. The van der Waals surface area contributed by atoms with Crippen molar-refractivity contribution in [2.45, 2.75) is 19.3 Å². The van der Waals surface area contributed by atoms with Crippen molar-refractivity contribution in [3.8, 4) is 11.5 Å². The van der Waals surface area contributed by atoms with Crippen LogP contribution in [-0.2, 0) is 0 Å². The number of benzene rings is 1. The van der Waals surface area contributed by atoms with Crippen LogP contribution in [0.4, 0.5) is 0 Å². The number of ether oxygens (including phenoxy) is 1. The number of phenolic OH excluding ortho intramolecular Hbond substituents is 1. The minimum atomic E-state index is 0.123. The highest BCUT2D eigenvalue weighted by Crippen LogP contribution is 2.32. The van der Waals surface area contributed by atoms with Crippen molar-refractivity contribution >= 4 is 16.8 Å². The fourth-order valence-electron chi connectivity index (χ4n) is 2.09. The van der Waals surface area contributed by atoms with E-state index in [0.29, 0.717) is 18.9 Å². The summed E-state index contributed by atoms with van der Waals surface area (Å²) in [5, 5.41) is 11.2. The highest BCUT2D eigenvalue weighted by molar-refractivity contribution is 8.14. The molecule has 112 valence electrons. The maximum absolute atomic E-state index is 10.2. The second kappa shape index (κ2) is 7.93. The second-order valence-electron chi connectivity index (χ2n) is 4.81. The van der Waals surface area contributed by atoms with E-state index in [4.69, 9.17) is 4.74 Å². The number of phenols is 1. The molecule has 4 heteroatoms. The number of hydrogen-bond acceptors (Lipinski definition) is 4. The van der Waals surface area contributed by atoms with Gasteiger partial charge in [-0.05, 0) is 18.6 Å². The Morgan fingerprint density at radius 2 is 2.38 bits per heavy atom. The smallest absolute Gasteiger partial charge is 0.123 e. The van der Waals surface area contributed by atoms with Gasteiger partial charge in [-0.25, -0.2) is 0 Å². The Kier molecular flexibility index (Phi) is 5.93. The maximum Gasteiger partial charge on any atom is 0.123 e. The van der Waals surface area contributed by atoms with Gasteiger partial charge in [-0.3, -0.25) is 4.99 Å². The zero-order valence-corrected chi connectivity index (χ0v) is 13.1. The minimum Gasteiger partial charge on any atom is -0.508 e. The van der Waals surface area contributed by atoms with Gasteiger partial charge in [0.25, 0.3) is 0 Å². The van der Waals surface area contributed by atoms with Gasteiger partial charge in [-0.1, -0.05) is 25.1 Å². The zero-order valence-electron chi connectivity index (χ0n) is 12.3. The number of rotatable bonds is 6. The van der Waals surface area contributed by atoms with Gasteiger partial charge in [0.2, 0.25) is 0 Å². The van der Waals surface area contributed by atoms with Crippen molar-refractivity contribution in [1.29, 1.82) is 0 Å². The summed E-state index contributed by atoms with van der Waals surface area (Å²) in [6.45, 7) is 7.09. The van der Waals surface area contributed by atoms with Crippen LogP contribution >= 0.6 is 11.8 Å². The minimum absolute atomic E-state index is 0.123. The fourth-order valence-corrected chi connectivity index (χ4v) is 2.72. The molecule has 0 fully saturated rings. The molecular weight excluding hydrogens is 282 g/mol. The molecule has 1 heterocycles. The van der Waals surface area contributed by atoms with Crippen LogP contribution in [0.15, 0.2) is 48.0 Å². The molecule has 0 radical (unpaired) electrons. The average molecular weight is 303 g/mol. The first-order valence-electron chi connectivity index (χ1n) is 7.16. The number of nitrogens with zero attached hydrogens (tertiary/aromatic N) is 1. The van der Waals surface area contributed by atoms with Gasteiger partial charge in [0.15, 0.2) is 0 Å². The Bertz CT molecular complexity index is 552. The predicted molar refractivity (Wildman–Crippen MR) is 90.7 cm³/mol. The van der Waals surface area contributed by atoms with Crippen LogP contribution in [-0.4, -0.2) is 29.1 Å². The molecule has 21 heavy (non-hydrogen) atoms. The van der Waals surface area contributed by atoms with Gasteiger partial charge in [-0.15, -0.1) is 18.3 Å². The van der Waals surface area contributed by atoms with E-state index in [1.807, 2.05) is 24.3 Å². The van der Waals surface area contributed by atoms with E-state index in [9.17, 15) is 5.11 Å². The molecule has 1 atom stereocenters. The van der Waals surface area contributed by atoms with Crippen molar-refractivity contribution in [3.63, 3.8) is 0 Å². The van der Waals surface area contributed by atoms with Crippen LogP contribution in [0.2, 0.25) is 0 Å². The number of dihydropyridines is 1. The lowest BCUT2D eigenvalue weighted by atomic mass is 9.96. The summed E-state index contributed by atoms with van der Waals surface area (Å²) in [4.78, 5) is 4.54. The summed E-state index contributed by atoms with van der Waals surface area (Å²) in [7, 11) is 0. The molecule has 0 saturated carbocycles. The number of thioether (sulfide) groups is 1. The normalized spacial score (nSPS) is 17.4. The van der Waals surface area contributed by atoms with Crippen LogP contribution in [0.1, 0.15) is 24.8 Å². The first-order chi connectivity index (χ1) is 10.2. The van der Waals surface area contributed by atoms with Gasteiger partial charge in [0, 0.05) is 23.3 Å². The number of aromatic hydroxyl groups is 1. The highest BCUT2D eigenvalue weighted by atomic mass is 32.2. The molecule has 3 nitrogen and oxygen atoms in total. The molecule has 0 amide bonds. The molecular formula is C17H21NO2S. The average Bonchev–Trinajstić information content (AvgIpc) is 2.52. The van der Waals surface area contributed by atoms with Gasteiger partial charge in [-0.2, -0.15) is 0 Å². The quantitative estimate of drug-likeness (QED) is 0.803. The molecule has 1 N–H and O–H groups in total. The molecule has 0 bridgehead atoms. The number of hydrogen-bond donors (Lipinski definition) is 1. The molecule has 1 aromatic carbocycles. The van der Waals surface area contributed by atoms with Crippen LogP contribution in [0.25, 0.3) is 0 Å². The third-order valence-corrected chi connectivity index (χ3v) is 4.10. The topological polar surface area (TPSA) is 41.8 Å². The van der Waals surface area contributed by atoms with Gasteiger partial charge >= 0.3 is 0 Å². The lowest BCUT2D eigenvalue weighted by molar-refractivity contribution is 0.315. The third-order valence-electron chi connectivity index (χ3n) is 3.14. The van der Waals surface area contributed by atoms with E-state index in [2.05, 4.69) is 24.6 Å². The molecule has 1 aliphatic rings. The molecule has 0 aliphatic carbocycles. The Morgan fingerprint density at radius 3 is 3.00 bits per heavy atom. The van der Waals surface area contributed by atoms with E-state index in [0.717, 1.165) is 22.8 Å². The summed E-state index contributed by atoms with van der Waals surface area (Å²) in [5.41, 5.74) is 0.895. The molecule has 1 unspecified atom stereocenters. The summed E-state index contributed by atoms with van der Waals surface area (Å²) >= 11 is 1.67. The lowest BCUT2D eigenvalue weighted by Gasteiger charge is -2.17. The Labute approximate surface area is 130 Å². The van der Waals surface area contributed by atoms with Gasteiger partial charge < -0.3 is 9.84 Å². The summed E-state index contributed by atoms with van der Waals surface area (Å²) in [6.07, 6.45) is 6.94. The van der Waals surface area contributed by atoms with Crippen molar-refractivity contribution in [2.24, 2.45) is 4.99 Å². The second-order valence-corrected chi connectivity index (χ2v) is 5.85. The molecule has 1 aromatic rings. The first-order valence-corrected chi connectivity index (χ1v) is 8.15. The Morgan fingerprint density at radius 1 is 1.52 bits per heavy atom. The standard InChI is InChI=1S/C17H21NO2S/c1-3-9-20-14-6-7-15(16(19)11-14)13-5-8-17(18-12-13)21-10-4-2/h4-8,11,13,19H,2-3,9-10,12H2,1H3. The van der Waals surface area contributed by atoms with Crippen LogP contribution in [0, 0.1) is 0 Å². The zero-order chi connectivity index (χ0) is 15.1. The largest absolute Gasteiger partial charge is 0.508 e. The summed E-state index contributed by atoms with van der Waals surface area (Å²) in [6, 6.07) is 5.52. The van der Waals surface area contributed by atoms with E-state index in [1.54, 1.807) is 17.8 Å². The van der Waals surface area contributed by atoms with Gasteiger partial charge in [0.1, 0.15) is 11.5 Å². The highest BCUT2D eigenvalue weighted by Gasteiger charge is 2.16. The maximum atomic E-state index is 10.2. The van der Waals surface area contributed by atoms with Gasteiger partial charge in [0.05, 0.1) is 18.2 Å². The monoisotopic (exact) mass is 303 g/mol. The van der Waals surface area contributed by atoms with E-state index in [-0.39, 0.29) is 11.7 Å². The van der Waals surface area contributed by atoms with Crippen molar-refractivity contribution in [1.82, 2.24) is 0 Å². The van der Waals surface area contributed by atoms with Crippen molar-refractivity contribution in [2.75, 3.05) is 18.9 Å². The SMILES string of the molecule is C=CCSC1=NCC(c2ccc(OCCC)cc2O)C=C1. The molecule has 1 aliphatic heterocycles. The van der Waals surface area contributed by atoms with Crippen LogP contribution < -0.4 is 4.74 Å². The van der Waals surface area contributed by atoms with E-state index >= 15 is 0 Å². The number of aliphatic imine (C=N–C) groups is 1. The van der Waals surface area contributed by atoms with E-state index < -0.39 is 0 Å². The van der Waals surface area contributed by atoms with E-state index in [1.165, 1.54) is 0 Å². The fraction of sp³-hybridized carbons (Fsp3) is 0.353. The molecule has 0 spiro atoms. The Hall–Kier alpha value is -1.68.